The lowest BCUT2D eigenvalue weighted by Crippen LogP contribution is -2.27. The number of amides is 1. The minimum absolute atomic E-state index is 0.0170. The SMILES string of the molecule is C[C@@H]1CCc2c(sc3ncnc(SCC(=O)NCCc4ccc(F)cc4)c23)C1. The Hall–Kier alpha value is -1.99. The van der Waals surface area contributed by atoms with Crippen molar-refractivity contribution in [1.29, 1.82) is 0 Å². The first-order valence-electron chi connectivity index (χ1n) is 9.49. The van der Waals surface area contributed by atoms with Crippen LogP contribution in [0.15, 0.2) is 35.6 Å². The largest absolute Gasteiger partial charge is 0.355 e. The van der Waals surface area contributed by atoms with Crippen molar-refractivity contribution >= 4 is 39.2 Å². The van der Waals surface area contributed by atoms with Crippen molar-refractivity contribution in [1.82, 2.24) is 15.3 Å². The number of nitrogens with one attached hydrogen (secondary N) is 1. The van der Waals surface area contributed by atoms with Crippen LogP contribution in [0.4, 0.5) is 4.39 Å². The van der Waals surface area contributed by atoms with Gasteiger partial charge in [-0.1, -0.05) is 30.8 Å². The van der Waals surface area contributed by atoms with Crippen LogP contribution in [0.2, 0.25) is 0 Å². The van der Waals surface area contributed by atoms with E-state index in [1.165, 1.54) is 40.8 Å². The molecule has 0 fully saturated rings. The van der Waals surface area contributed by atoms with E-state index in [4.69, 9.17) is 0 Å². The molecule has 1 aliphatic rings. The molecule has 4 rings (SSSR count). The third-order valence-electron chi connectivity index (χ3n) is 5.05. The molecule has 0 unspecified atom stereocenters. The fraction of sp³-hybridized carbons (Fsp3) is 0.381. The molecule has 0 radical (unpaired) electrons. The lowest BCUT2D eigenvalue weighted by molar-refractivity contribution is -0.118. The fourth-order valence-electron chi connectivity index (χ4n) is 3.54. The monoisotopic (exact) mass is 415 g/mol. The van der Waals surface area contributed by atoms with Gasteiger partial charge in [-0.3, -0.25) is 4.79 Å². The molecule has 1 aromatic carbocycles. The molecule has 0 saturated carbocycles. The zero-order valence-corrected chi connectivity index (χ0v) is 17.3. The average Bonchev–Trinajstić information content (AvgIpc) is 3.06. The number of rotatable bonds is 6. The number of carbonyl (C=O) groups excluding carboxylic acids is 1. The van der Waals surface area contributed by atoms with Crippen LogP contribution in [0.3, 0.4) is 0 Å². The number of aryl methyl sites for hydroxylation is 1. The van der Waals surface area contributed by atoms with Gasteiger partial charge < -0.3 is 5.32 Å². The van der Waals surface area contributed by atoms with Gasteiger partial charge in [0.05, 0.1) is 5.75 Å². The molecule has 0 bridgehead atoms. The summed E-state index contributed by atoms with van der Waals surface area (Å²) >= 11 is 3.25. The molecule has 1 aliphatic carbocycles. The second-order valence-corrected chi connectivity index (χ2v) is 9.27. The van der Waals surface area contributed by atoms with Gasteiger partial charge in [-0.05, 0) is 54.9 Å². The summed E-state index contributed by atoms with van der Waals surface area (Å²) < 4.78 is 12.9. The Morgan fingerprint density at radius 1 is 1.32 bits per heavy atom. The van der Waals surface area contributed by atoms with E-state index in [0.29, 0.717) is 18.7 Å². The number of carbonyl (C=O) groups is 1. The van der Waals surface area contributed by atoms with Gasteiger partial charge in [0.2, 0.25) is 5.91 Å². The van der Waals surface area contributed by atoms with E-state index < -0.39 is 0 Å². The van der Waals surface area contributed by atoms with E-state index in [1.807, 2.05) is 0 Å². The van der Waals surface area contributed by atoms with Crippen molar-refractivity contribution in [2.75, 3.05) is 12.3 Å². The number of benzene rings is 1. The smallest absolute Gasteiger partial charge is 0.230 e. The number of hydrogen-bond acceptors (Lipinski definition) is 5. The number of fused-ring (bicyclic) bond motifs is 3. The standard InChI is InChI=1S/C21H22FN3OS2/c1-13-2-7-16-17(10-13)28-21-19(16)20(24-12-25-21)27-11-18(26)23-9-8-14-3-5-15(22)6-4-14/h3-6,12-13H,2,7-11H2,1H3,(H,23,26)/t13-/m1/s1. The normalized spacial score (nSPS) is 16.1. The molecule has 1 atom stereocenters. The molecule has 0 saturated heterocycles. The Morgan fingerprint density at radius 3 is 2.96 bits per heavy atom. The molecular formula is C21H22FN3OS2. The van der Waals surface area contributed by atoms with Gasteiger partial charge in [0.15, 0.2) is 0 Å². The predicted octanol–water partition coefficient (Wildman–Crippen LogP) is 4.41. The van der Waals surface area contributed by atoms with Crippen LogP contribution < -0.4 is 5.32 Å². The zero-order chi connectivity index (χ0) is 19.5. The van der Waals surface area contributed by atoms with Crippen LogP contribution in [0.25, 0.3) is 10.2 Å². The molecule has 28 heavy (non-hydrogen) atoms. The first kappa shape index (κ1) is 19.3. The Kier molecular flexibility index (Phi) is 5.92. The molecular weight excluding hydrogens is 393 g/mol. The van der Waals surface area contributed by atoms with Crippen molar-refractivity contribution in [3.05, 3.63) is 52.4 Å². The molecule has 1 N–H and O–H groups in total. The Bertz CT molecular complexity index is 987. The maximum absolute atomic E-state index is 12.9. The highest BCUT2D eigenvalue weighted by atomic mass is 32.2. The number of thioether (sulfide) groups is 1. The van der Waals surface area contributed by atoms with Gasteiger partial charge >= 0.3 is 0 Å². The van der Waals surface area contributed by atoms with Crippen molar-refractivity contribution in [2.45, 2.75) is 37.6 Å². The molecule has 1 amide bonds. The Morgan fingerprint density at radius 2 is 2.14 bits per heavy atom. The number of hydrogen-bond donors (Lipinski definition) is 1. The summed E-state index contributed by atoms with van der Waals surface area (Å²) in [6, 6.07) is 6.37. The molecule has 7 heteroatoms. The summed E-state index contributed by atoms with van der Waals surface area (Å²) in [5.74, 6) is 0.787. The minimum Gasteiger partial charge on any atom is -0.355 e. The highest BCUT2D eigenvalue weighted by Gasteiger charge is 2.23. The van der Waals surface area contributed by atoms with Crippen LogP contribution in [0.1, 0.15) is 29.3 Å². The Labute approximate surface area is 172 Å². The minimum atomic E-state index is -0.245. The van der Waals surface area contributed by atoms with Crippen LogP contribution >= 0.6 is 23.1 Å². The molecule has 0 aliphatic heterocycles. The van der Waals surface area contributed by atoms with E-state index in [2.05, 4.69) is 22.2 Å². The maximum Gasteiger partial charge on any atom is 0.230 e. The summed E-state index contributed by atoms with van der Waals surface area (Å²) in [5.41, 5.74) is 2.39. The van der Waals surface area contributed by atoms with Gasteiger partial charge in [0.1, 0.15) is 22.0 Å². The van der Waals surface area contributed by atoms with E-state index >= 15 is 0 Å². The maximum atomic E-state index is 12.9. The van der Waals surface area contributed by atoms with Crippen molar-refractivity contribution in [3.8, 4) is 0 Å². The molecule has 0 spiro atoms. The molecule has 3 aromatic rings. The first-order valence-corrected chi connectivity index (χ1v) is 11.3. The molecule has 2 aromatic heterocycles. The summed E-state index contributed by atoms with van der Waals surface area (Å²) in [6.07, 6.45) is 5.67. The van der Waals surface area contributed by atoms with Crippen LogP contribution in [0.5, 0.6) is 0 Å². The summed E-state index contributed by atoms with van der Waals surface area (Å²) in [5, 5.41) is 4.99. The second-order valence-electron chi connectivity index (χ2n) is 7.23. The van der Waals surface area contributed by atoms with E-state index in [0.717, 1.165) is 39.6 Å². The lowest BCUT2D eigenvalue weighted by atomic mass is 9.89. The quantitative estimate of drug-likeness (QED) is 0.479. The Balaban J connectivity index is 1.36. The molecule has 2 heterocycles. The van der Waals surface area contributed by atoms with Crippen molar-refractivity contribution < 1.29 is 9.18 Å². The van der Waals surface area contributed by atoms with Crippen LogP contribution in [-0.4, -0.2) is 28.2 Å². The summed E-state index contributed by atoms with van der Waals surface area (Å²) in [4.78, 5) is 23.6. The van der Waals surface area contributed by atoms with Crippen LogP contribution in [0, 0.1) is 11.7 Å². The summed E-state index contributed by atoms with van der Waals surface area (Å²) in [7, 11) is 0. The second kappa shape index (κ2) is 8.57. The van der Waals surface area contributed by atoms with Gasteiger partial charge in [-0.15, -0.1) is 11.3 Å². The number of thiophene rings is 1. The van der Waals surface area contributed by atoms with Gasteiger partial charge in [-0.25, -0.2) is 14.4 Å². The highest BCUT2D eigenvalue weighted by molar-refractivity contribution is 8.00. The van der Waals surface area contributed by atoms with Gasteiger partial charge in [-0.2, -0.15) is 0 Å². The fourth-order valence-corrected chi connectivity index (χ4v) is 5.81. The highest BCUT2D eigenvalue weighted by Crippen LogP contribution is 2.40. The third-order valence-corrected chi connectivity index (χ3v) is 7.20. The van der Waals surface area contributed by atoms with Crippen molar-refractivity contribution in [2.24, 2.45) is 5.92 Å². The topological polar surface area (TPSA) is 54.9 Å². The first-order chi connectivity index (χ1) is 13.6. The number of nitrogens with zero attached hydrogens (tertiary/aromatic N) is 2. The van der Waals surface area contributed by atoms with E-state index in [9.17, 15) is 9.18 Å². The lowest BCUT2D eigenvalue weighted by Gasteiger charge is -2.18. The van der Waals surface area contributed by atoms with E-state index in [1.54, 1.807) is 29.8 Å². The van der Waals surface area contributed by atoms with E-state index in [-0.39, 0.29) is 11.7 Å². The zero-order valence-electron chi connectivity index (χ0n) is 15.7. The van der Waals surface area contributed by atoms with Crippen LogP contribution in [-0.2, 0) is 24.1 Å². The van der Waals surface area contributed by atoms with Crippen molar-refractivity contribution in [3.63, 3.8) is 0 Å². The predicted molar refractivity (Wildman–Crippen MR) is 112 cm³/mol. The number of halogens is 1. The van der Waals surface area contributed by atoms with Gasteiger partial charge in [0, 0.05) is 16.8 Å². The average molecular weight is 416 g/mol. The van der Waals surface area contributed by atoms with Gasteiger partial charge in [0.25, 0.3) is 0 Å². The molecule has 146 valence electrons. The summed E-state index contributed by atoms with van der Waals surface area (Å²) in [6.45, 7) is 2.83. The number of aromatic nitrogens is 2. The third kappa shape index (κ3) is 4.36. The molecule has 4 nitrogen and oxygen atoms in total.